The third kappa shape index (κ3) is 8.22. The molecule has 15 heteroatoms. The van der Waals surface area contributed by atoms with E-state index in [1.54, 1.807) is 31.4 Å². The van der Waals surface area contributed by atoms with Gasteiger partial charge in [-0.15, -0.1) is 0 Å². The summed E-state index contributed by atoms with van der Waals surface area (Å²) in [7, 11) is -1.60. The van der Waals surface area contributed by atoms with E-state index in [-0.39, 0.29) is 76.9 Å². The number of nitrogens with zero attached hydrogens (tertiary/aromatic N) is 4. The maximum absolute atomic E-state index is 17.3. The van der Waals surface area contributed by atoms with Crippen molar-refractivity contribution in [2.75, 3.05) is 44.8 Å². The molecule has 0 saturated carbocycles. The Balaban J connectivity index is 1.37. The van der Waals surface area contributed by atoms with Gasteiger partial charge in [0.25, 0.3) is 8.32 Å². The minimum atomic E-state index is -4.67. The van der Waals surface area contributed by atoms with E-state index < -0.39 is 38.7 Å². The maximum atomic E-state index is 17.3. The smallest absolute Gasteiger partial charge is 0.405 e. The normalized spacial score (nSPS) is 14.8. The zero-order chi connectivity index (χ0) is 42.1. The second-order valence-electron chi connectivity index (χ2n) is 15.3. The third-order valence-corrected chi connectivity index (χ3v) is 16.2. The first-order chi connectivity index (χ1) is 28.2. The predicted molar refractivity (Wildman–Crippen MR) is 225 cm³/mol. The summed E-state index contributed by atoms with van der Waals surface area (Å²) in [5, 5.41) is 2.60. The second-order valence-corrected chi connectivity index (χ2v) is 20.4. The van der Waals surface area contributed by atoms with E-state index in [1.165, 1.54) is 13.2 Å². The molecule has 0 fully saturated rings. The van der Waals surface area contributed by atoms with E-state index in [1.807, 2.05) is 60.7 Å². The van der Waals surface area contributed by atoms with Crippen LogP contribution < -0.4 is 24.7 Å². The molecule has 2 aromatic heterocycles. The molecule has 0 saturated heterocycles. The van der Waals surface area contributed by atoms with Crippen LogP contribution in [0.3, 0.4) is 0 Å². The number of thioether (sulfide) groups is 1. The number of methoxy groups -OCH3 is 1. The van der Waals surface area contributed by atoms with E-state index in [2.05, 4.69) is 35.7 Å². The minimum Gasteiger partial charge on any atom is -0.475 e. The molecule has 1 aliphatic rings. The lowest BCUT2D eigenvalue weighted by molar-refractivity contribution is -0.121. The van der Waals surface area contributed by atoms with Crippen LogP contribution in [0.1, 0.15) is 39.7 Å². The van der Waals surface area contributed by atoms with E-state index in [4.69, 9.17) is 18.6 Å². The highest BCUT2D eigenvalue weighted by Gasteiger charge is 2.50. The lowest BCUT2D eigenvalue weighted by Crippen LogP contribution is -2.66. The van der Waals surface area contributed by atoms with Gasteiger partial charge in [-0.3, -0.25) is 0 Å². The van der Waals surface area contributed by atoms with Gasteiger partial charge in [-0.2, -0.15) is 13.2 Å². The highest BCUT2D eigenvalue weighted by Crippen LogP contribution is 2.44. The van der Waals surface area contributed by atoms with E-state index >= 15 is 8.78 Å². The third-order valence-electron chi connectivity index (χ3n) is 10.7. The summed E-state index contributed by atoms with van der Waals surface area (Å²) < 4.78 is 101. The molecule has 310 valence electrons. The summed E-state index contributed by atoms with van der Waals surface area (Å²) in [6.45, 7) is 6.47. The molecule has 1 aliphatic heterocycles. The summed E-state index contributed by atoms with van der Waals surface area (Å²) in [6.07, 6.45) is -2.63. The summed E-state index contributed by atoms with van der Waals surface area (Å²) >= 11 is 1.06. The predicted octanol–water partition coefficient (Wildman–Crippen LogP) is 9.49. The molecule has 8 nitrogen and oxygen atoms in total. The molecule has 0 amide bonds. The van der Waals surface area contributed by atoms with Crippen molar-refractivity contribution in [1.29, 1.82) is 0 Å². The number of hydrogen-bond donors (Lipinski definition) is 0. The molecule has 59 heavy (non-hydrogen) atoms. The SMILES string of the molecule is CCc1c(F)ccc2cc(OCOC)cc(-c3nc4c5c(nc(SC)nc5c3F)N(CC(F)(F)F)[C@@H](CCO[Si](c3ccccc3)(c3ccccc3)C(C)(C)C)CO4)c12. The zero-order valence-electron chi connectivity index (χ0n) is 33.6. The monoisotopic (exact) mass is 848 g/mol. The molecule has 0 N–H and O–H groups in total. The Labute approximate surface area is 345 Å². The number of alkyl halides is 3. The van der Waals surface area contributed by atoms with Crippen LogP contribution in [0, 0.1) is 11.6 Å². The summed E-state index contributed by atoms with van der Waals surface area (Å²) in [4.78, 5) is 14.8. The fraction of sp³-hybridized carbons (Fsp3) is 0.341. The van der Waals surface area contributed by atoms with Gasteiger partial charge in [-0.25, -0.2) is 23.7 Å². The number of rotatable bonds is 13. The first kappa shape index (κ1) is 42.3. The number of hydrogen-bond acceptors (Lipinski definition) is 9. The highest BCUT2D eigenvalue weighted by atomic mass is 32.2. The van der Waals surface area contributed by atoms with Crippen molar-refractivity contribution in [2.24, 2.45) is 0 Å². The molecular weight excluding hydrogens is 804 g/mol. The van der Waals surface area contributed by atoms with Gasteiger partial charge in [-0.1, -0.05) is 106 Å². The van der Waals surface area contributed by atoms with Gasteiger partial charge >= 0.3 is 6.18 Å². The van der Waals surface area contributed by atoms with Gasteiger partial charge < -0.3 is 23.5 Å². The molecule has 0 bridgehead atoms. The summed E-state index contributed by atoms with van der Waals surface area (Å²) in [6, 6.07) is 25.1. The van der Waals surface area contributed by atoms with Crippen molar-refractivity contribution in [1.82, 2.24) is 15.0 Å². The van der Waals surface area contributed by atoms with Crippen molar-refractivity contribution in [3.05, 3.63) is 102 Å². The number of aromatic nitrogens is 3. The quantitative estimate of drug-likeness (QED) is 0.0372. The highest BCUT2D eigenvalue weighted by molar-refractivity contribution is 7.98. The number of halogens is 5. The van der Waals surface area contributed by atoms with Crippen molar-refractivity contribution in [3.8, 4) is 22.9 Å². The molecule has 0 unspecified atom stereocenters. The number of pyridine rings is 1. The van der Waals surface area contributed by atoms with Gasteiger partial charge in [-0.05, 0) is 69.0 Å². The number of benzene rings is 4. The van der Waals surface area contributed by atoms with Crippen LogP contribution in [-0.2, 0) is 15.6 Å². The molecule has 0 radical (unpaired) electrons. The maximum Gasteiger partial charge on any atom is 0.405 e. The van der Waals surface area contributed by atoms with Crippen LogP contribution in [0.15, 0.2) is 90.1 Å². The molecule has 7 rings (SSSR count). The Morgan fingerprint density at radius 1 is 0.898 bits per heavy atom. The number of fused-ring (bicyclic) bond motifs is 1. The topological polar surface area (TPSA) is 78.8 Å². The molecular formula is C44H45F5N4O4SSi. The van der Waals surface area contributed by atoms with Crippen molar-refractivity contribution in [3.63, 3.8) is 0 Å². The Morgan fingerprint density at radius 2 is 1.58 bits per heavy atom. The number of aryl methyl sites for hydroxylation is 1. The lowest BCUT2D eigenvalue weighted by atomic mass is 9.94. The molecule has 3 heterocycles. The minimum absolute atomic E-state index is 0.0493. The van der Waals surface area contributed by atoms with E-state index in [0.29, 0.717) is 22.1 Å². The van der Waals surface area contributed by atoms with Gasteiger partial charge in [0.05, 0.1) is 6.04 Å². The van der Waals surface area contributed by atoms with E-state index in [9.17, 15) is 13.2 Å². The summed E-state index contributed by atoms with van der Waals surface area (Å²) in [5.41, 5.74) is 0.0193. The van der Waals surface area contributed by atoms with Gasteiger partial charge in [0.2, 0.25) is 5.88 Å². The molecule has 0 aliphatic carbocycles. The first-order valence-electron chi connectivity index (χ1n) is 19.2. The Hall–Kier alpha value is -4.83. The van der Waals surface area contributed by atoms with Crippen molar-refractivity contribution >= 4 is 57.9 Å². The largest absolute Gasteiger partial charge is 0.475 e. The van der Waals surface area contributed by atoms with Gasteiger partial charge in [0.15, 0.2) is 17.8 Å². The standard InChI is InChI=1S/C44H45F5N4O4SSi/c1-7-32-34(45)19-18-27-22-29(56-26-54-5)23-33(35(27)32)38-37(46)39-36-40(52-42(51-39)58-6)53(25-44(47,48)49)28(24-55-41(36)50-38)20-21-57-59(43(2,3)4,30-14-10-8-11-15-30)31-16-12-9-13-17-31/h8-19,22-23,28H,7,20-21,24-26H2,1-6H3/t28-/m0/s1. The lowest BCUT2D eigenvalue weighted by Gasteiger charge is -2.43. The molecule has 6 aromatic rings. The number of anilines is 1. The second kappa shape index (κ2) is 17.0. The number of ether oxygens (including phenoxy) is 3. The average molecular weight is 849 g/mol. The molecule has 4 aromatic carbocycles. The average Bonchev–Trinajstić information content (AvgIpc) is 3.35. The van der Waals surface area contributed by atoms with Crippen molar-refractivity contribution in [2.45, 2.75) is 62.9 Å². The Bertz CT molecular complexity index is 2420. The summed E-state index contributed by atoms with van der Waals surface area (Å²) in [5.74, 6) is -1.40. The van der Waals surface area contributed by atoms with Crippen LogP contribution in [0.25, 0.3) is 32.9 Å². The van der Waals surface area contributed by atoms with Crippen molar-refractivity contribution < 1.29 is 40.6 Å². The van der Waals surface area contributed by atoms with Crippen LogP contribution in [0.2, 0.25) is 5.04 Å². The molecule has 0 spiro atoms. The van der Waals surface area contributed by atoms with Crippen LogP contribution >= 0.6 is 11.8 Å². The van der Waals surface area contributed by atoms with Gasteiger partial charge in [0, 0.05) is 19.3 Å². The van der Waals surface area contributed by atoms with Crippen LogP contribution in [0.4, 0.5) is 27.8 Å². The zero-order valence-corrected chi connectivity index (χ0v) is 35.4. The fourth-order valence-electron chi connectivity index (χ4n) is 8.10. The van der Waals surface area contributed by atoms with Gasteiger partial charge in [0.1, 0.15) is 47.1 Å². The van der Waals surface area contributed by atoms with E-state index in [0.717, 1.165) is 27.0 Å². The Morgan fingerprint density at radius 3 is 2.17 bits per heavy atom. The van der Waals surface area contributed by atoms with Crippen LogP contribution in [-0.4, -0.2) is 75.4 Å². The first-order valence-corrected chi connectivity index (χ1v) is 22.4. The Kier molecular flexibility index (Phi) is 12.2. The molecule has 1 atom stereocenters. The van der Waals surface area contributed by atoms with Crippen LogP contribution in [0.5, 0.6) is 11.6 Å². The fourth-order valence-corrected chi connectivity index (χ4v) is 13.0.